The first-order chi connectivity index (χ1) is 8.62. The highest BCUT2D eigenvalue weighted by Gasteiger charge is 2.25. The molecule has 1 rings (SSSR count). The van der Waals surface area contributed by atoms with Crippen LogP contribution in [0.15, 0.2) is 6.33 Å². The summed E-state index contributed by atoms with van der Waals surface area (Å²) in [6.45, 7) is 7.08. The Morgan fingerprint density at radius 2 is 1.94 bits per heavy atom. The molecule has 5 heteroatoms. The molecule has 0 radical (unpaired) electrons. The number of nitrogens with one attached hydrogen (secondary N) is 1. The van der Waals surface area contributed by atoms with Crippen molar-refractivity contribution in [2.24, 2.45) is 5.41 Å². The zero-order chi connectivity index (χ0) is 13.6. The lowest BCUT2D eigenvalue weighted by Gasteiger charge is -2.30. The maximum atomic E-state index is 9.54. The van der Waals surface area contributed by atoms with Crippen LogP contribution in [0.4, 0.5) is 11.6 Å². The average molecular weight is 252 g/mol. The Bertz CT molecular complexity index is 369. The van der Waals surface area contributed by atoms with Crippen molar-refractivity contribution in [2.75, 3.05) is 24.2 Å². The Labute approximate surface area is 109 Å². The standard InChI is InChI=1S/C13H24N4O/c1-4-10-11(14)16-9-17-12(10)15-7-13(5-2,6-3)8-18/h9,18H,4-8H2,1-3H3,(H3,14,15,16,17). The number of aliphatic hydroxyl groups is 1. The number of nitrogens with zero attached hydrogens (tertiary/aromatic N) is 2. The number of anilines is 2. The molecule has 5 nitrogen and oxygen atoms in total. The van der Waals surface area contributed by atoms with E-state index in [4.69, 9.17) is 5.73 Å². The normalized spacial score (nSPS) is 11.6. The third-order valence-electron chi connectivity index (χ3n) is 3.80. The van der Waals surface area contributed by atoms with Crippen molar-refractivity contribution in [1.82, 2.24) is 9.97 Å². The Morgan fingerprint density at radius 1 is 1.28 bits per heavy atom. The molecule has 0 amide bonds. The van der Waals surface area contributed by atoms with Gasteiger partial charge in [-0.15, -0.1) is 0 Å². The Morgan fingerprint density at radius 3 is 2.44 bits per heavy atom. The van der Waals surface area contributed by atoms with Gasteiger partial charge in [-0.1, -0.05) is 20.8 Å². The lowest BCUT2D eigenvalue weighted by atomic mass is 9.83. The average Bonchev–Trinajstić information content (AvgIpc) is 2.41. The second-order valence-corrected chi connectivity index (χ2v) is 4.66. The fourth-order valence-electron chi connectivity index (χ4n) is 1.98. The van der Waals surface area contributed by atoms with Crippen LogP contribution in [0.3, 0.4) is 0 Å². The number of nitrogen functional groups attached to an aromatic ring is 1. The third-order valence-corrected chi connectivity index (χ3v) is 3.80. The molecule has 0 spiro atoms. The number of hydrogen-bond acceptors (Lipinski definition) is 5. The molecule has 0 saturated heterocycles. The predicted octanol–water partition coefficient (Wildman–Crippen LogP) is 1.83. The summed E-state index contributed by atoms with van der Waals surface area (Å²) in [5.41, 5.74) is 6.68. The van der Waals surface area contributed by atoms with Crippen LogP contribution in [0.5, 0.6) is 0 Å². The van der Waals surface area contributed by atoms with Crippen LogP contribution in [-0.4, -0.2) is 28.2 Å². The zero-order valence-corrected chi connectivity index (χ0v) is 11.5. The maximum Gasteiger partial charge on any atom is 0.134 e. The molecule has 1 aromatic heterocycles. The van der Waals surface area contributed by atoms with Gasteiger partial charge in [0.1, 0.15) is 18.0 Å². The molecule has 0 aliphatic carbocycles. The summed E-state index contributed by atoms with van der Waals surface area (Å²) in [5, 5.41) is 12.8. The van der Waals surface area contributed by atoms with Crippen molar-refractivity contribution in [1.29, 1.82) is 0 Å². The van der Waals surface area contributed by atoms with E-state index in [2.05, 4.69) is 29.1 Å². The first-order valence-electron chi connectivity index (χ1n) is 6.56. The van der Waals surface area contributed by atoms with Crippen LogP contribution in [0.1, 0.15) is 39.2 Å². The predicted molar refractivity (Wildman–Crippen MR) is 74.4 cm³/mol. The van der Waals surface area contributed by atoms with Crippen molar-refractivity contribution >= 4 is 11.6 Å². The van der Waals surface area contributed by atoms with Crippen molar-refractivity contribution in [3.8, 4) is 0 Å². The van der Waals surface area contributed by atoms with Gasteiger partial charge in [-0.3, -0.25) is 0 Å². The number of hydrogen-bond donors (Lipinski definition) is 3. The molecule has 0 aliphatic heterocycles. The quantitative estimate of drug-likeness (QED) is 0.689. The molecule has 0 fully saturated rings. The van der Waals surface area contributed by atoms with Crippen LogP contribution in [0.25, 0.3) is 0 Å². The molecule has 0 aliphatic rings. The molecule has 0 aromatic carbocycles. The van der Waals surface area contributed by atoms with Gasteiger partial charge in [-0.25, -0.2) is 9.97 Å². The molecule has 1 heterocycles. The van der Waals surface area contributed by atoms with Crippen molar-refractivity contribution in [3.63, 3.8) is 0 Å². The molecule has 0 atom stereocenters. The highest BCUT2D eigenvalue weighted by atomic mass is 16.3. The van der Waals surface area contributed by atoms with E-state index >= 15 is 0 Å². The van der Waals surface area contributed by atoms with E-state index in [1.807, 2.05) is 6.92 Å². The lowest BCUT2D eigenvalue weighted by molar-refractivity contribution is 0.127. The molecule has 0 bridgehead atoms. The van der Waals surface area contributed by atoms with E-state index < -0.39 is 0 Å². The summed E-state index contributed by atoms with van der Waals surface area (Å²) < 4.78 is 0. The minimum Gasteiger partial charge on any atom is -0.396 e. The number of aromatic nitrogens is 2. The molecule has 18 heavy (non-hydrogen) atoms. The monoisotopic (exact) mass is 252 g/mol. The number of aliphatic hydroxyl groups excluding tert-OH is 1. The summed E-state index contributed by atoms with van der Waals surface area (Å²) in [6, 6.07) is 0. The third kappa shape index (κ3) is 3.10. The Hall–Kier alpha value is -1.36. The van der Waals surface area contributed by atoms with Gasteiger partial charge in [0.25, 0.3) is 0 Å². The van der Waals surface area contributed by atoms with Crippen molar-refractivity contribution in [2.45, 2.75) is 40.0 Å². The molecule has 1 aromatic rings. The largest absolute Gasteiger partial charge is 0.396 e. The van der Waals surface area contributed by atoms with Crippen LogP contribution in [0, 0.1) is 5.41 Å². The summed E-state index contributed by atoms with van der Waals surface area (Å²) in [6.07, 6.45) is 4.11. The number of nitrogens with two attached hydrogens (primary N) is 1. The highest BCUT2D eigenvalue weighted by Crippen LogP contribution is 2.27. The highest BCUT2D eigenvalue weighted by molar-refractivity contribution is 5.54. The minimum absolute atomic E-state index is 0.0925. The second kappa shape index (κ2) is 6.54. The van der Waals surface area contributed by atoms with E-state index in [0.717, 1.165) is 30.6 Å². The van der Waals surface area contributed by atoms with Gasteiger partial charge in [0, 0.05) is 17.5 Å². The topological polar surface area (TPSA) is 84.1 Å². The van der Waals surface area contributed by atoms with Crippen LogP contribution in [0.2, 0.25) is 0 Å². The molecule has 0 unspecified atom stereocenters. The molecule has 0 saturated carbocycles. The maximum absolute atomic E-state index is 9.54. The van der Waals surface area contributed by atoms with E-state index in [1.54, 1.807) is 0 Å². The fourth-order valence-corrected chi connectivity index (χ4v) is 1.98. The van der Waals surface area contributed by atoms with Crippen LogP contribution < -0.4 is 11.1 Å². The van der Waals surface area contributed by atoms with Gasteiger partial charge in [-0.2, -0.15) is 0 Å². The van der Waals surface area contributed by atoms with Gasteiger partial charge in [-0.05, 0) is 19.3 Å². The van der Waals surface area contributed by atoms with E-state index in [1.165, 1.54) is 6.33 Å². The smallest absolute Gasteiger partial charge is 0.134 e. The van der Waals surface area contributed by atoms with Crippen molar-refractivity contribution in [3.05, 3.63) is 11.9 Å². The van der Waals surface area contributed by atoms with E-state index in [9.17, 15) is 5.11 Å². The first-order valence-corrected chi connectivity index (χ1v) is 6.56. The molecule has 4 N–H and O–H groups in total. The fraction of sp³-hybridized carbons (Fsp3) is 0.692. The summed E-state index contributed by atoms with van der Waals surface area (Å²) >= 11 is 0. The second-order valence-electron chi connectivity index (χ2n) is 4.66. The van der Waals surface area contributed by atoms with Gasteiger partial charge < -0.3 is 16.2 Å². The van der Waals surface area contributed by atoms with Gasteiger partial charge in [0.05, 0.1) is 6.61 Å². The summed E-state index contributed by atoms with van der Waals surface area (Å²) in [7, 11) is 0. The molecule has 102 valence electrons. The lowest BCUT2D eigenvalue weighted by Crippen LogP contribution is -2.32. The van der Waals surface area contributed by atoms with Gasteiger partial charge in [0.2, 0.25) is 0 Å². The van der Waals surface area contributed by atoms with Crippen LogP contribution >= 0.6 is 0 Å². The SMILES string of the molecule is CCc1c(N)ncnc1NCC(CC)(CC)CO. The molecular formula is C13H24N4O. The molecular weight excluding hydrogens is 228 g/mol. The van der Waals surface area contributed by atoms with Crippen LogP contribution in [-0.2, 0) is 6.42 Å². The first kappa shape index (κ1) is 14.7. The van der Waals surface area contributed by atoms with Gasteiger partial charge >= 0.3 is 0 Å². The minimum atomic E-state index is -0.0925. The van der Waals surface area contributed by atoms with E-state index in [0.29, 0.717) is 12.4 Å². The summed E-state index contributed by atoms with van der Waals surface area (Å²) in [4.78, 5) is 8.23. The number of rotatable bonds is 7. The Kier molecular flexibility index (Phi) is 5.34. The van der Waals surface area contributed by atoms with E-state index in [-0.39, 0.29) is 12.0 Å². The van der Waals surface area contributed by atoms with Gasteiger partial charge in [0.15, 0.2) is 0 Å². The summed E-state index contributed by atoms with van der Waals surface area (Å²) in [5.74, 6) is 1.31. The Balaban J connectivity index is 2.82. The zero-order valence-electron chi connectivity index (χ0n) is 11.5. The van der Waals surface area contributed by atoms with Crippen molar-refractivity contribution < 1.29 is 5.11 Å².